The van der Waals surface area contributed by atoms with Gasteiger partial charge in [-0.2, -0.15) is 5.10 Å². The summed E-state index contributed by atoms with van der Waals surface area (Å²) in [6.07, 6.45) is 4.51. The van der Waals surface area contributed by atoms with E-state index in [1.165, 1.54) is 5.71 Å². The van der Waals surface area contributed by atoms with Gasteiger partial charge in [-0.15, -0.1) is 0 Å². The van der Waals surface area contributed by atoms with Gasteiger partial charge in [0, 0.05) is 5.71 Å². The number of nitrogens with zero attached hydrogens (tertiary/aromatic N) is 1. The predicted molar refractivity (Wildman–Crippen MR) is 67.3 cm³/mol. The van der Waals surface area contributed by atoms with Gasteiger partial charge in [-0.25, -0.2) is 0 Å². The second-order valence-corrected chi connectivity index (χ2v) is 3.66. The largest absolute Gasteiger partial charge is 0.279 e. The SMILES string of the molecule is CCCC(CCC)=NNc1ccccc1. The quantitative estimate of drug-likeness (QED) is 0.548. The van der Waals surface area contributed by atoms with Crippen molar-refractivity contribution in [2.45, 2.75) is 39.5 Å². The first-order chi connectivity index (χ1) is 7.36. The van der Waals surface area contributed by atoms with E-state index < -0.39 is 0 Å². The van der Waals surface area contributed by atoms with Gasteiger partial charge in [-0.05, 0) is 25.0 Å². The third kappa shape index (κ3) is 4.63. The van der Waals surface area contributed by atoms with Crippen LogP contribution in [0.4, 0.5) is 5.69 Å². The van der Waals surface area contributed by atoms with E-state index in [1.807, 2.05) is 30.3 Å². The van der Waals surface area contributed by atoms with Crippen molar-refractivity contribution in [3.8, 4) is 0 Å². The zero-order valence-electron chi connectivity index (χ0n) is 9.66. The minimum absolute atomic E-state index is 1.06. The number of hydrogen-bond donors (Lipinski definition) is 1. The van der Waals surface area contributed by atoms with E-state index in [1.54, 1.807) is 0 Å². The molecule has 0 atom stereocenters. The van der Waals surface area contributed by atoms with Crippen molar-refractivity contribution >= 4 is 11.4 Å². The lowest BCUT2D eigenvalue weighted by Crippen LogP contribution is -2.01. The fraction of sp³-hybridized carbons (Fsp3) is 0.462. The molecule has 0 aliphatic rings. The van der Waals surface area contributed by atoms with E-state index in [-0.39, 0.29) is 0 Å². The molecule has 1 aromatic rings. The fourth-order valence-corrected chi connectivity index (χ4v) is 1.47. The summed E-state index contributed by atoms with van der Waals surface area (Å²) in [5.41, 5.74) is 5.43. The molecule has 0 radical (unpaired) electrons. The molecule has 0 unspecified atom stereocenters. The fourth-order valence-electron chi connectivity index (χ4n) is 1.47. The molecule has 15 heavy (non-hydrogen) atoms. The average Bonchev–Trinajstić information content (AvgIpc) is 2.28. The molecular formula is C13H20N2. The van der Waals surface area contributed by atoms with Crippen LogP contribution >= 0.6 is 0 Å². The van der Waals surface area contributed by atoms with Crippen LogP contribution in [-0.2, 0) is 0 Å². The number of anilines is 1. The van der Waals surface area contributed by atoms with Gasteiger partial charge < -0.3 is 0 Å². The van der Waals surface area contributed by atoms with Crippen molar-refractivity contribution in [1.29, 1.82) is 0 Å². The highest BCUT2D eigenvalue weighted by atomic mass is 15.3. The molecule has 0 aromatic heterocycles. The maximum Gasteiger partial charge on any atom is 0.0561 e. The van der Waals surface area contributed by atoms with Crippen LogP contribution in [0.5, 0.6) is 0 Å². The van der Waals surface area contributed by atoms with Gasteiger partial charge >= 0.3 is 0 Å². The summed E-state index contributed by atoms with van der Waals surface area (Å²) in [5.74, 6) is 0. The van der Waals surface area contributed by atoms with Crippen LogP contribution in [-0.4, -0.2) is 5.71 Å². The summed E-state index contributed by atoms with van der Waals surface area (Å²) >= 11 is 0. The van der Waals surface area contributed by atoms with Gasteiger partial charge in [0.25, 0.3) is 0 Å². The van der Waals surface area contributed by atoms with E-state index in [9.17, 15) is 0 Å². The summed E-state index contributed by atoms with van der Waals surface area (Å²) in [6, 6.07) is 10.1. The summed E-state index contributed by atoms with van der Waals surface area (Å²) in [6.45, 7) is 4.38. The van der Waals surface area contributed by atoms with Crippen molar-refractivity contribution in [2.24, 2.45) is 5.10 Å². The van der Waals surface area contributed by atoms with Crippen molar-refractivity contribution < 1.29 is 0 Å². The number of rotatable bonds is 6. The molecule has 0 spiro atoms. The number of nitrogens with one attached hydrogen (secondary N) is 1. The Morgan fingerprint density at radius 1 is 1.07 bits per heavy atom. The minimum Gasteiger partial charge on any atom is -0.279 e. The van der Waals surface area contributed by atoms with Crippen LogP contribution in [0.2, 0.25) is 0 Å². The van der Waals surface area contributed by atoms with Gasteiger partial charge in [0.15, 0.2) is 0 Å². The Labute approximate surface area is 92.4 Å². The third-order valence-electron chi connectivity index (χ3n) is 2.19. The van der Waals surface area contributed by atoms with Crippen LogP contribution in [0.25, 0.3) is 0 Å². The Hall–Kier alpha value is -1.31. The Morgan fingerprint density at radius 3 is 2.20 bits per heavy atom. The van der Waals surface area contributed by atoms with Crippen LogP contribution in [0, 0.1) is 0 Å². The molecule has 0 saturated carbocycles. The maximum absolute atomic E-state index is 4.44. The minimum atomic E-state index is 1.06. The van der Waals surface area contributed by atoms with Crippen LogP contribution in [0.1, 0.15) is 39.5 Å². The maximum atomic E-state index is 4.44. The molecule has 2 heteroatoms. The van der Waals surface area contributed by atoms with Gasteiger partial charge in [0.05, 0.1) is 5.69 Å². The molecule has 0 heterocycles. The molecule has 0 aliphatic carbocycles. The number of hydrazone groups is 1. The molecule has 0 amide bonds. The molecule has 82 valence electrons. The molecule has 1 rings (SSSR count). The monoisotopic (exact) mass is 204 g/mol. The molecule has 0 saturated heterocycles. The molecule has 1 aromatic carbocycles. The summed E-state index contributed by atoms with van der Waals surface area (Å²) in [4.78, 5) is 0. The van der Waals surface area contributed by atoms with Crippen molar-refractivity contribution in [1.82, 2.24) is 0 Å². The van der Waals surface area contributed by atoms with E-state index in [0.29, 0.717) is 0 Å². The van der Waals surface area contributed by atoms with Gasteiger partial charge in [-0.1, -0.05) is 44.9 Å². The van der Waals surface area contributed by atoms with Crippen LogP contribution < -0.4 is 5.43 Å². The van der Waals surface area contributed by atoms with Crippen molar-refractivity contribution in [3.63, 3.8) is 0 Å². The Bertz CT molecular complexity index is 283. The van der Waals surface area contributed by atoms with E-state index in [2.05, 4.69) is 24.4 Å². The topological polar surface area (TPSA) is 24.4 Å². The molecule has 0 bridgehead atoms. The van der Waals surface area contributed by atoms with Crippen molar-refractivity contribution in [2.75, 3.05) is 5.43 Å². The zero-order valence-corrected chi connectivity index (χ0v) is 9.66. The first-order valence-corrected chi connectivity index (χ1v) is 5.73. The average molecular weight is 204 g/mol. The first kappa shape index (κ1) is 11.8. The lowest BCUT2D eigenvalue weighted by molar-refractivity contribution is 0.909. The number of benzene rings is 1. The number of hydrogen-bond acceptors (Lipinski definition) is 2. The van der Waals surface area contributed by atoms with Gasteiger partial charge in [0.2, 0.25) is 0 Å². The smallest absolute Gasteiger partial charge is 0.0561 e. The second-order valence-electron chi connectivity index (χ2n) is 3.66. The Morgan fingerprint density at radius 2 is 1.67 bits per heavy atom. The predicted octanol–water partition coefficient (Wildman–Crippen LogP) is 4.05. The van der Waals surface area contributed by atoms with E-state index in [4.69, 9.17) is 0 Å². The zero-order chi connectivity index (χ0) is 10.9. The first-order valence-electron chi connectivity index (χ1n) is 5.73. The Kier molecular flexibility index (Phi) is 5.52. The van der Waals surface area contributed by atoms with Gasteiger partial charge in [0.1, 0.15) is 0 Å². The normalized spacial score (nSPS) is 9.73. The second kappa shape index (κ2) is 7.04. The summed E-state index contributed by atoms with van der Waals surface area (Å²) in [5, 5.41) is 4.44. The number of para-hydroxylation sites is 1. The lowest BCUT2D eigenvalue weighted by atomic mass is 10.1. The molecular weight excluding hydrogens is 184 g/mol. The molecule has 2 nitrogen and oxygen atoms in total. The van der Waals surface area contributed by atoms with E-state index in [0.717, 1.165) is 31.4 Å². The third-order valence-corrected chi connectivity index (χ3v) is 2.19. The van der Waals surface area contributed by atoms with Crippen molar-refractivity contribution in [3.05, 3.63) is 30.3 Å². The summed E-state index contributed by atoms with van der Waals surface area (Å²) < 4.78 is 0. The molecule has 0 fully saturated rings. The van der Waals surface area contributed by atoms with E-state index >= 15 is 0 Å². The highest BCUT2D eigenvalue weighted by Crippen LogP contribution is 2.07. The van der Waals surface area contributed by atoms with Gasteiger partial charge in [-0.3, -0.25) is 5.43 Å². The Balaban J connectivity index is 2.53. The summed E-state index contributed by atoms with van der Waals surface area (Å²) in [7, 11) is 0. The van der Waals surface area contributed by atoms with Crippen LogP contribution in [0.15, 0.2) is 35.4 Å². The lowest BCUT2D eigenvalue weighted by Gasteiger charge is -2.05. The molecule has 1 N–H and O–H groups in total. The molecule has 0 aliphatic heterocycles. The van der Waals surface area contributed by atoms with Crippen LogP contribution in [0.3, 0.4) is 0 Å². The highest BCUT2D eigenvalue weighted by molar-refractivity contribution is 5.85. The highest BCUT2D eigenvalue weighted by Gasteiger charge is 1.96. The standard InChI is InChI=1S/C13H20N2/c1-3-8-12(9-4-2)14-15-13-10-6-5-7-11-13/h5-7,10-11,15H,3-4,8-9H2,1-2H3.